The molecule has 0 fully saturated rings. The van der Waals surface area contributed by atoms with Gasteiger partial charge in [-0.3, -0.25) is 5.32 Å². The third-order valence-corrected chi connectivity index (χ3v) is 5.97. The summed E-state index contributed by atoms with van der Waals surface area (Å²) in [5.74, 6) is 1.95. The molecule has 0 saturated carbocycles. The standard InChI is InChI=1S/C27H27N3O/c1-27(2)18-28-26-29(23-11-7-8-12-25(23)31-3)17-24(30(26)19-27)22-15-13-21(14-16-22)20-9-5-4-6-10-20/h4-17H,18-19H2,1-3H3/p+1. The highest BCUT2D eigenvalue weighted by Gasteiger charge is 2.36. The van der Waals surface area contributed by atoms with Crippen LogP contribution in [0.3, 0.4) is 0 Å². The SMILES string of the molecule is COc1ccccc1-[n+]1cc(-c2ccc(-c3ccccc3)cc2)n2c1NCC(C)(C)C2. The van der Waals surface area contributed by atoms with Crippen LogP contribution in [-0.4, -0.2) is 18.2 Å². The third-order valence-electron chi connectivity index (χ3n) is 5.97. The van der Waals surface area contributed by atoms with Crippen molar-refractivity contribution < 1.29 is 9.30 Å². The van der Waals surface area contributed by atoms with E-state index in [1.165, 1.54) is 22.4 Å². The molecule has 2 heterocycles. The van der Waals surface area contributed by atoms with Crippen molar-refractivity contribution in [1.82, 2.24) is 4.57 Å². The van der Waals surface area contributed by atoms with E-state index in [1.807, 2.05) is 12.1 Å². The average Bonchev–Trinajstić information content (AvgIpc) is 3.17. The first-order valence-electron chi connectivity index (χ1n) is 10.7. The highest BCUT2D eigenvalue weighted by Crippen LogP contribution is 2.34. The topological polar surface area (TPSA) is 30.1 Å². The molecular weight excluding hydrogens is 382 g/mol. The molecule has 156 valence electrons. The van der Waals surface area contributed by atoms with Crippen LogP contribution in [0.1, 0.15) is 13.8 Å². The molecule has 0 radical (unpaired) electrons. The quantitative estimate of drug-likeness (QED) is 0.447. The fourth-order valence-electron chi connectivity index (χ4n) is 4.35. The summed E-state index contributed by atoms with van der Waals surface area (Å²) in [6.07, 6.45) is 2.22. The van der Waals surface area contributed by atoms with Gasteiger partial charge in [0.15, 0.2) is 5.75 Å². The van der Waals surface area contributed by atoms with Gasteiger partial charge in [-0.05, 0) is 23.3 Å². The Labute approximate surface area is 183 Å². The Morgan fingerprint density at radius 3 is 2.23 bits per heavy atom. The van der Waals surface area contributed by atoms with E-state index in [-0.39, 0.29) is 5.41 Å². The molecule has 1 N–H and O–H groups in total. The molecular formula is C27H28N3O+. The molecule has 0 atom stereocenters. The van der Waals surface area contributed by atoms with Crippen molar-refractivity contribution >= 4 is 5.95 Å². The van der Waals surface area contributed by atoms with Gasteiger partial charge in [0, 0.05) is 11.0 Å². The predicted octanol–water partition coefficient (Wildman–Crippen LogP) is 5.56. The van der Waals surface area contributed by atoms with Crippen LogP contribution in [0.15, 0.2) is 85.1 Å². The van der Waals surface area contributed by atoms with E-state index < -0.39 is 0 Å². The number of imidazole rings is 1. The van der Waals surface area contributed by atoms with Crippen LogP contribution >= 0.6 is 0 Å². The number of methoxy groups -OCH3 is 1. The monoisotopic (exact) mass is 410 g/mol. The van der Waals surface area contributed by atoms with Crippen LogP contribution < -0.4 is 14.6 Å². The molecule has 0 unspecified atom stereocenters. The van der Waals surface area contributed by atoms with Gasteiger partial charge < -0.3 is 4.74 Å². The Bertz CT molecular complexity index is 1210. The third kappa shape index (κ3) is 3.59. The number of para-hydroxylation sites is 2. The number of hydrogen-bond acceptors (Lipinski definition) is 2. The van der Waals surface area contributed by atoms with E-state index in [1.54, 1.807) is 7.11 Å². The Balaban J connectivity index is 1.63. The van der Waals surface area contributed by atoms with E-state index >= 15 is 0 Å². The molecule has 1 aliphatic rings. The number of nitrogens with one attached hydrogen (secondary N) is 1. The van der Waals surface area contributed by atoms with Gasteiger partial charge in [-0.15, -0.1) is 0 Å². The fourth-order valence-corrected chi connectivity index (χ4v) is 4.35. The summed E-state index contributed by atoms with van der Waals surface area (Å²) in [7, 11) is 1.72. The summed E-state index contributed by atoms with van der Waals surface area (Å²) in [5, 5.41) is 3.67. The van der Waals surface area contributed by atoms with Crippen molar-refractivity contribution in [3.63, 3.8) is 0 Å². The Morgan fingerprint density at radius 1 is 0.839 bits per heavy atom. The highest BCUT2D eigenvalue weighted by molar-refractivity contribution is 5.69. The Kier molecular flexibility index (Phi) is 4.78. The Morgan fingerprint density at radius 2 is 1.48 bits per heavy atom. The maximum absolute atomic E-state index is 5.65. The average molecular weight is 411 g/mol. The van der Waals surface area contributed by atoms with E-state index in [0.717, 1.165) is 30.5 Å². The van der Waals surface area contributed by atoms with Gasteiger partial charge in [0.05, 0.1) is 20.2 Å². The van der Waals surface area contributed by atoms with Crippen molar-refractivity contribution in [2.45, 2.75) is 20.4 Å². The van der Waals surface area contributed by atoms with Crippen LogP contribution in [0.25, 0.3) is 28.1 Å². The second-order valence-corrected chi connectivity index (χ2v) is 8.93. The largest absolute Gasteiger partial charge is 0.493 e. The van der Waals surface area contributed by atoms with Crippen LogP contribution in [0, 0.1) is 5.41 Å². The number of hydrogen-bond donors (Lipinski definition) is 1. The summed E-state index contributed by atoms with van der Waals surface area (Å²) in [6, 6.07) is 27.5. The summed E-state index contributed by atoms with van der Waals surface area (Å²) in [5.41, 5.74) is 6.07. The minimum Gasteiger partial charge on any atom is -0.493 e. The summed E-state index contributed by atoms with van der Waals surface area (Å²) in [4.78, 5) is 0. The normalized spacial score (nSPS) is 14.5. The first-order chi connectivity index (χ1) is 15.1. The second-order valence-electron chi connectivity index (χ2n) is 8.93. The minimum absolute atomic E-state index is 0.170. The lowest BCUT2D eigenvalue weighted by atomic mass is 9.92. The molecule has 5 rings (SSSR count). The summed E-state index contributed by atoms with van der Waals surface area (Å²) < 4.78 is 10.3. The van der Waals surface area contributed by atoms with E-state index in [9.17, 15) is 0 Å². The van der Waals surface area contributed by atoms with Gasteiger partial charge in [-0.1, -0.05) is 80.6 Å². The first kappa shape index (κ1) is 19.4. The van der Waals surface area contributed by atoms with Gasteiger partial charge >= 0.3 is 5.95 Å². The van der Waals surface area contributed by atoms with E-state index in [0.29, 0.717) is 0 Å². The second kappa shape index (κ2) is 7.62. The predicted molar refractivity (Wildman–Crippen MR) is 126 cm³/mol. The molecule has 4 nitrogen and oxygen atoms in total. The van der Waals surface area contributed by atoms with Crippen LogP contribution in [-0.2, 0) is 6.54 Å². The van der Waals surface area contributed by atoms with Crippen molar-refractivity contribution in [2.75, 3.05) is 19.0 Å². The number of anilines is 1. The van der Waals surface area contributed by atoms with Crippen LogP contribution in [0.2, 0.25) is 0 Å². The summed E-state index contributed by atoms with van der Waals surface area (Å²) >= 11 is 0. The molecule has 0 saturated heterocycles. The van der Waals surface area contributed by atoms with Gasteiger partial charge in [0.25, 0.3) is 0 Å². The molecule has 3 aromatic carbocycles. The zero-order valence-electron chi connectivity index (χ0n) is 18.3. The number of ether oxygens (including phenoxy) is 1. The van der Waals surface area contributed by atoms with Gasteiger partial charge in [0.2, 0.25) is 0 Å². The molecule has 0 spiro atoms. The molecule has 0 aliphatic carbocycles. The molecule has 4 aromatic rings. The maximum atomic E-state index is 5.65. The number of fused-ring (bicyclic) bond motifs is 1. The van der Waals surface area contributed by atoms with Crippen molar-refractivity contribution in [3.8, 4) is 33.8 Å². The van der Waals surface area contributed by atoms with Gasteiger partial charge in [-0.25, -0.2) is 4.57 Å². The fraction of sp³-hybridized carbons (Fsp3) is 0.222. The summed E-state index contributed by atoms with van der Waals surface area (Å²) in [6.45, 7) is 6.49. The number of benzene rings is 3. The number of nitrogens with zero attached hydrogens (tertiary/aromatic N) is 2. The zero-order chi connectivity index (χ0) is 21.4. The molecule has 4 heteroatoms. The lowest BCUT2D eigenvalue weighted by Crippen LogP contribution is -2.41. The zero-order valence-corrected chi connectivity index (χ0v) is 18.3. The Hall–Kier alpha value is -3.53. The highest BCUT2D eigenvalue weighted by atomic mass is 16.5. The van der Waals surface area contributed by atoms with Gasteiger partial charge in [-0.2, -0.15) is 4.57 Å². The number of aromatic nitrogens is 2. The molecule has 31 heavy (non-hydrogen) atoms. The molecule has 0 amide bonds. The van der Waals surface area contributed by atoms with E-state index in [4.69, 9.17) is 4.74 Å². The minimum atomic E-state index is 0.170. The van der Waals surface area contributed by atoms with Gasteiger partial charge in [0.1, 0.15) is 17.6 Å². The van der Waals surface area contributed by atoms with E-state index in [2.05, 4.69) is 101 Å². The van der Waals surface area contributed by atoms with Crippen molar-refractivity contribution in [1.29, 1.82) is 0 Å². The van der Waals surface area contributed by atoms with Crippen LogP contribution in [0.4, 0.5) is 5.95 Å². The maximum Gasteiger partial charge on any atom is 0.363 e. The lowest BCUT2D eigenvalue weighted by molar-refractivity contribution is -0.580. The van der Waals surface area contributed by atoms with Crippen LogP contribution in [0.5, 0.6) is 5.75 Å². The molecule has 0 bridgehead atoms. The van der Waals surface area contributed by atoms with Crippen molar-refractivity contribution in [2.24, 2.45) is 5.41 Å². The van der Waals surface area contributed by atoms with Crippen molar-refractivity contribution in [3.05, 3.63) is 85.1 Å². The molecule has 1 aromatic heterocycles. The lowest BCUT2D eigenvalue weighted by Gasteiger charge is -2.28. The number of rotatable bonds is 4. The first-order valence-corrected chi connectivity index (χ1v) is 10.7. The smallest absolute Gasteiger partial charge is 0.363 e. The molecule has 1 aliphatic heterocycles.